The van der Waals surface area contributed by atoms with Crippen LogP contribution in [0, 0.1) is 5.92 Å². The van der Waals surface area contributed by atoms with Crippen molar-refractivity contribution >= 4 is 5.69 Å². The average Bonchev–Trinajstić information content (AvgIpc) is 3.46. The number of methoxy groups -OCH3 is 1. The molecule has 2 saturated heterocycles. The molecule has 4 heteroatoms. The molecule has 1 aromatic rings. The van der Waals surface area contributed by atoms with Crippen molar-refractivity contribution in [3.05, 3.63) is 24.3 Å². The molecule has 0 aromatic heterocycles. The number of rotatable bonds is 5. The highest BCUT2D eigenvalue weighted by molar-refractivity contribution is 5.58. The minimum absolute atomic E-state index is 0.775. The largest absolute Gasteiger partial charge is 0.495 e. The third kappa shape index (κ3) is 3.70. The van der Waals surface area contributed by atoms with Crippen LogP contribution in [0.4, 0.5) is 5.69 Å². The molecular formula is C20H31N3O. The number of ether oxygens (including phenoxy) is 1. The van der Waals surface area contributed by atoms with E-state index in [4.69, 9.17) is 4.74 Å². The number of nitrogens with zero attached hydrogens (tertiary/aromatic N) is 3. The highest BCUT2D eigenvalue weighted by Crippen LogP contribution is 2.32. The van der Waals surface area contributed by atoms with Crippen molar-refractivity contribution < 1.29 is 4.74 Å². The molecule has 3 fully saturated rings. The van der Waals surface area contributed by atoms with Crippen molar-refractivity contribution in [2.75, 3.05) is 57.8 Å². The molecule has 0 radical (unpaired) electrons. The van der Waals surface area contributed by atoms with Crippen LogP contribution < -0.4 is 9.64 Å². The monoisotopic (exact) mass is 329 g/mol. The second kappa shape index (κ2) is 7.32. The number of hydrogen-bond acceptors (Lipinski definition) is 4. The van der Waals surface area contributed by atoms with Crippen LogP contribution in [0.25, 0.3) is 0 Å². The molecule has 24 heavy (non-hydrogen) atoms. The van der Waals surface area contributed by atoms with Gasteiger partial charge in [-0.25, -0.2) is 0 Å². The summed E-state index contributed by atoms with van der Waals surface area (Å²) in [5.74, 6) is 2.02. The Morgan fingerprint density at radius 1 is 1.00 bits per heavy atom. The Kier molecular flexibility index (Phi) is 4.95. The van der Waals surface area contributed by atoms with E-state index in [1.807, 2.05) is 0 Å². The van der Waals surface area contributed by atoms with Crippen molar-refractivity contribution in [3.63, 3.8) is 0 Å². The van der Waals surface area contributed by atoms with Gasteiger partial charge in [0, 0.05) is 45.3 Å². The molecule has 0 spiro atoms. The van der Waals surface area contributed by atoms with Gasteiger partial charge in [0.2, 0.25) is 0 Å². The fourth-order valence-corrected chi connectivity index (χ4v) is 4.38. The van der Waals surface area contributed by atoms with E-state index in [2.05, 4.69) is 39.0 Å². The van der Waals surface area contributed by atoms with Crippen LogP contribution in [0.5, 0.6) is 5.75 Å². The van der Waals surface area contributed by atoms with Gasteiger partial charge < -0.3 is 14.5 Å². The minimum Gasteiger partial charge on any atom is -0.495 e. The predicted octanol–water partition coefficient (Wildman–Crippen LogP) is 2.69. The van der Waals surface area contributed by atoms with E-state index in [0.717, 1.165) is 30.8 Å². The van der Waals surface area contributed by atoms with Crippen LogP contribution in [0.1, 0.15) is 25.7 Å². The summed E-state index contributed by atoms with van der Waals surface area (Å²) < 4.78 is 5.54. The van der Waals surface area contributed by atoms with Crippen LogP contribution in [0.15, 0.2) is 24.3 Å². The molecule has 0 bridgehead atoms. The molecule has 2 heterocycles. The molecular weight excluding hydrogens is 298 g/mol. The van der Waals surface area contributed by atoms with Crippen LogP contribution in [0.2, 0.25) is 0 Å². The number of benzene rings is 1. The van der Waals surface area contributed by atoms with Crippen LogP contribution in [-0.4, -0.2) is 68.8 Å². The Morgan fingerprint density at radius 3 is 2.54 bits per heavy atom. The van der Waals surface area contributed by atoms with E-state index in [1.54, 1.807) is 7.11 Å². The van der Waals surface area contributed by atoms with Gasteiger partial charge in [-0.2, -0.15) is 0 Å². The van der Waals surface area contributed by atoms with Gasteiger partial charge in [0.05, 0.1) is 12.8 Å². The number of anilines is 1. The maximum atomic E-state index is 5.54. The van der Waals surface area contributed by atoms with Crippen molar-refractivity contribution in [2.45, 2.75) is 31.7 Å². The molecule has 0 N–H and O–H groups in total. The van der Waals surface area contributed by atoms with Crippen molar-refractivity contribution in [3.8, 4) is 5.75 Å². The van der Waals surface area contributed by atoms with Gasteiger partial charge in [-0.1, -0.05) is 12.1 Å². The molecule has 132 valence electrons. The molecule has 1 aromatic carbocycles. The smallest absolute Gasteiger partial charge is 0.142 e. The zero-order valence-corrected chi connectivity index (χ0v) is 15.0. The summed E-state index contributed by atoms with van der Waals surface area (Å²) in [6.07, 6.45) is 5.71. The van der Waals surface area contributed by atoms with Crippen molar-refractivity contribution in [1.82, 2.24) is 9.80 Å². The van der Waals surface area contributed by atoms with Gasteiger partial charge in [-0.15, -0.1) is 0 Å². The van der Waals surface area contributed by atoms with E-state index < -0.39 is 0 Å². The first-order valence-electron chi connectivity index (χ1n) is 9.68. The lowest BCUT2D eigenvalue weighted by molar-refractivity contribution is 0.0900. The van der Waals surface area contributed by atoms with Gasteiger partial charge >= 0.3 is 0 Å². The maximum absolute atomic E-state index is 5.54. The second-order valence-corrected chi connectivity index (χ2v) is 7.69. The first kappa shape index (κ1) is 16.2. The lowest BCUT2D eigenvalue weighted by Crippen LogP contribution is -2.55. The third-order valence-electron chi connectivity index (χ3n) is 5.95. The minimum atomic E-state index is 0.775. The summed E-state index contributed by atoms with van der Waals surface area (Å²) in [6.45, 7) is 8.57. The molecule has 0 unspecified atom stereocenters. The quantitative estimate of drug-likeness (QED) is 0.827. The first-order chi connectivity index (χ1) is 11.8. The van der Waals surface area contributed by atoms with Crippen LogP contribution in [-0.2, 0) is 0 Å². The van der Waals surface area contributed by atoms with Crippen LogP contribution >= 0.6 is 0 Å². The van der Waals surface area contributed by atoms with E-state index >= 15 is 0 Å². The summed E-state index contributed by atoms with van der Waals surface area (Å²) in [5, 5.41) is 0. The predicted molar refractivity (Wildman–Crippen MR) is 99.0 cm³/mol. The Bertz CT molecular complexity index is 537. The molecule has 2 aliphatic heterocycles. The number of piperazine rings is 1. The Hall–Kier alpha value is -1.26. The van der Waals surface area contributed by atoms with Gasteiger partial charge in [-0.3, -0.25) is 4.90 Å². The van der Waals surface area contributed by atoms with E-state index in [0.29, 0.717) is 0 Å². The summed E-state index contributed by atoms with van der Waals surface area (Å²) in [6, 6.07) is 9.19. The Morgan fingerprint density at radius 2 is 1.79 bits per heavy atom. The van der Waals surface area contributed by atoms with Crippen LogP contribution in [0.3, 0.4) is 0 Å². The van der Waals surface area contributed by atoms with E-state index in [9.17, 15) is 0 Å². The Balaban J connectivity index is 1.32. The maximum Gasteiger partial charge on any atom is 0.142 e. The van der Waals surface area contributed by atoms with Gasteiger partial charge in [0.15, 0.2) is 0 Å². The molecule has 1 atom stereocenters. The zero-order valence-electron chi connectivity index (χ0n) is 15.0. The molecule has 4 nitrogen and oxygen atoms in total. The fraction of sp³-hybridized carbons (Fsp3) is 0.700. The van der Waals surface area contributed by atoms with E-state index in [-0.39, 0.29) is 0 Å². The van der Waals surface area contributed by atoms with Crippen molar-refractivity contribution in [2.24, 2.45) is 5.92 Å². The third-order valence-corrected chi connectivity index (χ3v) is 5.95. The summed E-state index contributed by atoms with van der Waals surface area (Å²) >= 11 is 0. The summed E-state index contributed by atoms with van der Waals surface area (Å²) in [5.41, 5.74) is 1.25. The average molecular weight is 329 g/mol. The second-order valence-electron chi connectivity index (χ2n) is 7.69. The van der Waals surface area contributed by atoms with Crippen molar-refractivity contribution in [1.29, 1.82) is 0 Å². The number of hydrogen-bond donors (Lipinski definition) is 0. The first-order valence-corrected chi connectivity index (χ1v) is 9.68. The van der Waals surface area contributed by atoms with Gasteiger partial charge in [-0.05, 0) is 50.3 Å². The number of para-hydroxylation sites is 2. The standard InChI is InChI=1S/C20H31N3O/c1-24-20-7-3-2-6-19(20)23-13-11-22(12-14-23)18-5-4-10-21(16-18)15-17-8-9-17/h2-3,6-7,17-18H,4-5,8-16H2,1H3/t18-/m0/s1. The molecule has 4 rings (SSSR count). The zero-order chi connectivity index (χ0) is 16.4. The molecule has 1 aliphatic carbocycles. The number of piperidine rings is 1. The molecule has 3 aliphatic rings. The molecule has 1 saturated carbocycles. The highest BCUT2D eigenvalue weighted by Gasteiger charge is 2.31. The highest BCUT2D eigenvalue weighted by atomic mass is 16.5. The molecule has 0 amide bonds. The SMILES string of the molecule is COc1ccccc1N1CCN([C@H]2CCCN(CC3CC3)C2)CC1. The Labute approximate surface area is 146 Å². The lowest BCUT2D eigenvalue weighted by Gasteiger charge is -2.44. The summed E-state index contributed by atoms with van der Waals surface area (Å²) in [4.78, 5) is 7.96. The van der Waals surface area contributed by atoms with E-state index in [1.165, 1.54) is 64.1 Å². The lowest BCUT2D eigenvalue weighted by atomic mass is 10.0. The normalized spacial score (nSPS) is 26.5. The van der Waals surface area contributed by atoms with Gasteiger partial charge in [0.1, 0.15) is 5.75 Å². The number of likely N-dealkylation sites (tertiary alicyclic amines) is 1. The topological polar surface area (TPSA) is 19.0 Å². The fourth-order valence-electron chi connectivity index (χ4n) is 4.38. The summed E-state index contributed by atoms with van der Waals surface area (Å²) in [7, 11) is 1.77. The van der Waals surface area contributed by atoms with Gasteiger partial charge in [0.25, 0.3) is 0 Å².